The minimum absolute atomic E-state index is 0.203. The summed E-state index contributed by atoms with van der Waals surface area (Å²) in [5, 5.41) is 5.88. The molecule has 0 saturated carbocycles. The van der Waals surface area contributed by atoms with Gasteiger partial charge in [-0.25, -0.2) is 17.4 Å². The molecular formula is C14H19N3O3S2. The molecule has 2 aromatic rings. The summed E-state index contributed by atoms with van der Waals surface area (Å²) < 4.78 is 27.8. The summed E-state index contributed by atoms with van der Waals surface area (Å²) in [6.45, 7) is 2.53. The van der Waals surface area contributed by atoms with Crippen LogP contribution in [-0.4, -0.2) is 36.1 Å². The van der Waals surface area contributed by atoms with Gasteiger partial charge in [0.25, 0.3) is 15.6 Å². The molecule has 2 aromatic heterocycles. The van der Waals surface area contributed by atoms with E-state index in [0.717, 1.165) is 12.8 Å². The Morgan fingerprint density at radius 3 is 2.73 bits per heavy atom. The minimum Gasteiger partial charge on any atom is -0.268 e. The third-order valence-electron chi connectivity index (χ3n) is 3.32. The Balaban J connectivity index is 2.31. The van der Waals surface area contributed by atoms with Gasteiger partial charge in [-0.2, -0.15) is 5.10 Å². The Kier molecular flexibility index (Phi) is 5.15. The molecule has 2 heterocycles. The average molecular weight is 341 g/mol. The third-order valence-corrected chi connectivity index (χ3v) is 6.59. The molecule has 0 radical (unpaired) electrons. The van der Waals surface area contributed by atoms with Gasteiger partial charge >= 0.3 is 0 Å². The molecule has 2 rings (SSSR count). The molecule has 22 heavy (non-hydrogen) atoms. The lowest BCUT2D eigenvalue weighted by Crippen LogP contribution is -2.27. The predicted octanol–water partition coefficient (Wildman–Crippen LogP) is 1.93. The fourth-order valence-electron chi connectivity index (χ4n) is 1.90. The average Bonchev–Trinajstić information content (AvgIpc) is 2.98. The molecule has 0 aliphatic rings. The molecule has 0 bridgehead atoms. The first-order valence-electron chi connectivity index (χ1n) is 6.96. The van der Waals surface area contributed by atoms with Gasteiger partial charge in [0.05, 0.1) is 5.69 Å². The molecule has 0 N–H and O–H groups in total. The van der Waals surface area contributed by atoms with Gasteiger partial charge in [0.2, 0.25) is 0 Å². The van der Waals surface area contributed by atoms with E-state index < -0.39 is 10.0 Å². The number of thiophene rings is 1. The van der Waals surface area contributed by atoms with E-state index in [1.165, 1.54) is 26.4 Å². The Morgan fingerprint density at radius 1 is 1.36 bits per heavy atom. The lowest BCUT2D eigenvalue weighted by atomic mass is 10.2. The highest BCUT2D eigenvalue weighted by Gasteiger charge is 2.22. The van der Waals surface area contributed by atoms with E-state index in [4.69, 9.17) is 0 Å². The molecule has 0 amide bonds. The zero-order valence-corrected chi connectivity index (χ0v) is 14.4. The number of aromatic nitrogens is 2. The Bertz CT molecular complexity index is 809. The van der Waals surface area contributed by atoms with E-state index >= 15 is 0 Å². The standard InChI is InChI=1S/C14H19N3O3S2/c1-4-5-8-16(2)22(19,20)14-9-11(10-21-14)12-6-7-13(18)17(3)15-12/h6-7,9-10H,4-5,8H2,1-3H3. The van der Waals surface area contributed by atoms with Crippen molar-refractivity contribution in [3.63, 3.8) is 0 Å². The first-order valence-corrected chi connectivity index (χ1v) is 9.28. The predicted molar refractivity (Wildman–Crippen MR) is 87.5 cm³/mol. The Labute approximate surface area is 134 Å². The van der Waals surface area contributed by atoms with Crippen LogP contribution in [0.25, 0.3) is 11.3 Å². The van der Waals surface area contributed by atoms with Gasteiger partial charge in [-0.05, 0) is 18.6 Å². The van der Waals surface area contributed by atoms with Gasteiger partial charge in [-0.15, -0.1) is 11.3 Å². The van der Waals surface area contributed by atoms with Crippen LogP contribution in [0.15, 0.2) is 32.6 Å². The monoisotopic (exact) mass is 341 g/mol. The fraction of sp³-hybridized carbons (Fsp3) is 0.429. The van der Waals surface area contributed by atoms with Crippen molar-refractivity contribution < 1.29 is 8.42 Å². The molecule has 120 valence electrons. The zero-order chi connectivity index (χ0) is 16.3. The van der Waals surface area contributed by atoms with E-state index in [2.05, 4.69) is 5.10 Å². The van der Waals surface area contributed by atoms with Gasteiger partial charge in [0, 0.05) is 37.6 Å². The molecule has 0 aliphatic heterocycles. The molecule has 0 saturated heterocycles. The molecular weight excluding hydrogens is 322 g/mol. The summed E-state index contributed by atoms with van der Waals surface area (Å²) >= 11 is 1.17. The van der Waals surface area contributed by atoms with Crippen LogP contribution in [0.4, 0.5) is 0 Å². The van der Waals surface area contributed by atoms with Crippen LogP contribution in [0.3, 0.4) is 0 Å². The highest BCUT2D eigenvalue weighted by Crippen LogP contribution is 2.28. The maximum absolute atomic E-state index is 12.5. The normalized spacial score (nSPS) is 12.0. The van der Waals surface area contributed by atoms with Gasteiger partial charge < -0.3 is 0 Å². The highest BCUT2D eigenvalue weighted by atomic mass is 32.2. The van der Waals surface area contributed by atoms with Crippen molar-refractivity contribution in [2.45, 2.75) is 24.0 Å². The smallest absolute Gasteiger partial charge is 0.266 e. The summed E-state index contributed by atoms with van der Waals surface area (Å²) in [6.07, 6.45) is 1.77. The largest absolute Gasteiger partial charge is 0.268 e. The van der Waals surface area contributed by atoms with Crippen LogP contribution in [0.2, 0.25) is 0 Å². The number of sulfonamides is 1. The quantitative estimate of drug-likeness (QED) is 0.805. The van der Waals surface area contributed by atoms with Crippen LogP contribution in [-0.2, 0) is 17.1 Å². The SMILES string of the molecule is CCCCN(C)S(=O)(=O)c1cc(-c2ccc(=O)n(C)n2)cs1. The van der Waals surface area contributed by atoms with Crippen molar-refractivity contribution in [2.24, 2.45) is 7.05 Å². The van der Waals surface area contributed by atoms with Gasteiger partial charge in [0.1, 0.15) is 4.21 Å². The molecule has 0 unspecified atom stereocenters. The first kappa shape index (κ1) is 16.9. The molecule has 0 fully saturated rings. The second-order valence-corrected chi connectivity index (χ2v) is 8.20. The van der Waals surface area contributed by atoms with E-state index in [-0.39, 0.29) is 9.77 Å². The van der Waals surface area contributed by atoms with Crippen LogP contribution in [0.5, 0.6) is 0 Å². The van der Waals surface area contributed by atoms with Crippen molar-refractivity contribution in [3.05, 3.63) is 33.9 Å². The van der Waals surface area contributed by atoms with E-state index in [0.29, 0.717) is 17.8 Å². The van der Waals surface area contributed by atoms with Crippen LogP contribution >= 0.6 is 11.3 Å². The highest BCUT2D eigenvalue weighted by molar-refractivity contribution is 7.91. The van der Waals surface area contributed by atoms with Crippen LogP contribution in [0.1, 0.15) is 19.8 Å². The summed E-state index contributed by atoms with van der Waals surface area (Å²) in [5.74, 6) is 0. The molecule has 0 atom stereocenters. The van der Waals surface area contributed by atoms with E-state index in [9.17, 15) is 13.2 Å². The van der Waals surface area contributed by atoms with Crippen molar-refractivity contribution >= 4 is 21.4 Å². The number of hydrogen-bond donors (Lipinski definition) is 0. The zero-order valence-electron chi connectivity index (χ0n) is 12.8. The maximum atomic E-state index is 12.5. The third kappa shape index (κ3) is 3.45. The summed E-state index contributed by atoms with van der Waals surface area (Å²) in [5.41, 5.74) is 1.07. The molecule has 0 aliphatic carbocycles. The Hall–Kier alpha value is -1.51. The molecule has 8 heteroatoms. The second-order valence-electron chi connectivity index (χ2n) is 5.01. The second kappa shape index (κ2) is 6.72. The maximum Gasteiger partial charge on any atom is 0.266 e. The Morgan fingerprint density at radius 2 is 2.09 bits per heavy atom. The topological polar surface area (TPSA) is 72.3 Å². The molecule has 6 nitrogen and oxygen atoms in total. The summed E-state index contributed by atoms with van der Waals surface area (Å²) in [7, 11) is -0.305. The number of aryl methyl sites for hydroxylation is 1. The fourth-order valence-corrected chi connectivity index (χ4v) is 4.49. The minimum atomic E-state index is -3.46. The lowest BCUT2D eigenvalue weighted by molar-refractivity contribution is 0.461. The number of rotatable bonds is 6. The lowest BCUT2D eigenvalue weighted by Gasteiger charge is -2.15. The van der Waals surface area contributed by atoms with Crippen molar-refractivity contribution in [1.82, 2.24) is 14.1 Å². The van der Waals surface area contributed by atoms with Gasteiger partial charge in [-0.3, -0.25) is 4.79 Å². The number of unbranched alkanes of at least 4 members (excludes halogenated alkanes) is 1. The van der Waals surface area contributed by atoms with E-state index in [1.54, 1.807) is 31.6 Å². The van der Waals surface area contributed by atoms with Crippen molar-refractivity contribution in [3.8, 4) is 11.3 Å². The molecule has 0 spiro atoms. The number of hydrogen-bond acceptors (Lipinski definition) is 5. The van der Waals surface area contributed by atoms with Crippen LogP contribution < -0.4 is 5.56 Å². The summed E-state index contributed by atoms with van der Waals surface area (Å²) in [6, 6.07) is 4.62. The van der Waals surface area contributed by atoms with E-state index in [1.807, 2.05) is 6.92 Å². The van der Waals surface area contributed by atoms with Crippen LogP contribution in [0, 0.1) is 0 Å². The molecule has 0 aromatic carbocycles. The van der Waals surface area contributed by atoms with Gasteiger partial charge in [-0.1, -0.05) is 13.3 Å². The summed E-state index contributed by atoms with van der Waals surface area (Å²) in [4.78, 5) is 11.4. The number of nitrogens with zero attached hydrogens (tertiary/aromatic N) is 3. The van der Waals surface area contributed by atoms with Crippen molar-refractivity contribution in [1.29, 1.82) is 0 Å². The first-order chi connectivity index (χ1) is 10.4. The van der Waals surface area contributed by atoms with Crippen molar-refractivity contribution in [2.75, 3.05) is 13.6 Å². The van der Waals surface area contributed by atoms with Gasteiger partial charge in [0.15, 0.2) is 0 Å².